The van der Waals surface area contributed by atoms with E-state index in [-0.39, 0.29) is 17.6 Å². The van der Waals surface area contributed by atoms with Gasteiger partial charge in [0.25, 0.3) is 5.69 Å². The summed E-state index contributed by atoms with van der Waals surface area (Å²) in [5.41, 5.74) is 2.46. The predicted octanol–water partition coefficient (Wildman–Crippen LogP) is 2.78. The summed E-state index contributed by atoms with van der Waals surface area (Å²) in [6, 6.07) is 6.66. The molecule has 0 amide bonds. The minimum absolute atomic E-state index is 0.0471. The van der Waals surface area contributed by atoms with Crippen LogP contribution in [0.1, 0.15) is 30.9 Å². The molecule has 9 heteroatoms. The van der Waals surface area contributed by atoms with Gasteiger partial charge in [0.15, 0.2) is 5.65 Å². The van der Waals surface area contributed by atoms with Crippen molar-refractivity contribution in [2.75, 3.05) is 12.4 Å². The lowest BCUT2D eigenvalue weighted by molar-refractivity contribution is -0.384. The number of hydrogen-bond donors (Lipinski definition) is 1. The Morgan fingerprint density at radius 2 is 2.16 bits per heavy atom. The fourth-order valence-electron chi connectivity index (χ4n) is 2.45. The van der Waals surface area contributed by atoms with E-state index in [9.17, 15) is 10.1 Å². The first kappa shape index (κ1) is 16.6. The van der Waals surface area contributed by atoms with Crippen molar-refractivity contribution < 1.29 is 9.66 Å². The number of nitro groups is 1. The van der Waals surface area contributed by atoms with Crippen LogP contribution in [0, 0.1) is 10.1 Å². The van der Waals surface area contributed by atoms with Crippen LogP contribution in [0.15, 0.2) is 30.5 Å². The van der Waals surface area contributed by atoms with Crippen molar-refractivity contribution in [3.05, 3.63) is 51.7 Å². The second-order valence-electron chi connectivity index (χ2n) is 5.80. The van der Waals surface area contributed by atoms with E-state index in [2.05, 4.69) is 34.2 Å². The molecule has 2 aromatic heterocycles. The Labute approximate surface area is 143 Å². The third-order valence-corrected chi connectivity index (χ3v) is 3.75. The number of hydrogen-bond acceptors (Lipinski definition) is 7. The summed E-state index contributed by atoms with van der Waals surface area (Å²) in [4.78, 5) is 19.1. The molecule has 3 rings (SSSR count). The van der Waals surface area contributed by atoms with Crippen molar-refractivity contribution in [3.8, 4) is 6.01 Å². The largest absolute Gasteiger partial charge is 0.467 e. The number of benzene rings is 1. The number of nitro benzene ring substituents is 1. The molecule has 1 aromatic carbocycles. The van der Waals surface area contributed by atoms with Gasteiger partial charge in [0.05, 0.1) is 18.2 Å². The van der Waals surface area contributed by atoms with Crippen LogP contribution >= 0.6 is 0 Å². The average molecular weight is 342 g/mol. The van der Waals surface area contributed by atoms with Crippen LogP contribution in [0.25, 0.3) is 5.65 Å². The highest BCUT2D eigenvalue weighted by Crippen LogP contribution is 2.23. The maximum atomic E-state index is 10.9. The normalized spacial score (nSPS) is 11.0. The van der Waals surface area contributed by atoms with E-state index in [0.29, 0.717) is 18.1 Å². The van der Waals surface area contributed by atoms with E-state index < -0.39 is 4.92 Å². The zero-order valence-electron chi connectivity index (χ0n) is 14.1. The molecule has 0 spiro atoms. The highest BCUT2D eigenvalue weighted by molar-refractivity contribution is 5.53. The second-order valence-corrected chi connectivity index (χ2v) is 5.80. The molecule has 0 aliphatic heterocycles. The maximum absolute atomic E-state index is 10.9. The van der Waals surface area contributed by atoms with E-state index >= 15 is 0 Å². The second kappa shape index (κ2) is 6.71. The molecular formula is C16H18N6O3. The molecule has 3 aromatic rings. The number of nitrogens with one attached hydrogen (secondary N) is 1. The molecule has 9 nitrogen and oxygen atoms in total. The lowest BCUT2D eigenvalue weighted by atomic mass is 10.1. The number of fused-ring (bicyclic) bond motifs is 1. The first-order chi connectivity index (χ1) is 12.0. The zero-order chi connectivity index (χ0) is 18.0. The summed E-state index contributed by atoms with van der Waals surface area (Å²) in [6.07, 6.45) is 1.76. The molecule has 1 N–H and O–H groups in total. The van der Waals surface area contributed by atoms with Gasteiger partial charge in [0.2, 0.25) is 5.95 Å². The molecule has 0 saturated carbocycles. The molecule has 0 saturated heterocycles. The molecule has 0 unspecified atom stereocenters. The molecule has 0 atom stereocenters. The standard InChI is InChI=1S/C16H18N6O3/c1-10(2)13-9-18-21-14(13)19-16(25-3)20-15(21)17-8-11-5-4-6-12(7-11)22(23)24/h4-7,9-10H,8H2,1-3H3,(H,17,19,20). The highest BCUT2D eigenvalue weighted by Gasteiger charge is 2.15. The first-order valence-corrected chi connectivity index (χ1v) is 7.76. The van der Waals surface area contributed by atoms with Gasteiger partial charge < -0.3 is 10.1 Å². The van der Waals surface area contributed by atoms with Crippen molar-refractivity contribution in [1.82, 2.24) is 19.6 Å². The highest BCUT2D eigenvalue weighted by atomic mass is 16.6. The maximum Gasteiger partial charge on any atom is 0.321 e. The number of anilines is 1. The van der Waals surface area contributed by atoms with Crippen molar-refractivity contribution in [2.45, 2.75) is 26.3 Å². The van der Waals surface area contributed by atoms with E-state index in [0.717, 1.165) is 11.1 Å². The fraction of sp³-hybridized carbons (Fsp3) is 0.312. The summed E-state index contributed by atoms with van der Waals surface area (Å²) in [5, 5.41) is 18.4. The molecule has 0 aliphatic rings. The quantitative estimate of drug-likeness (QED) is 0.542. The molecule has 25 heavy (non-hydrogen) atoms. The Bertz CT molecular complexity index is 921. The van der Waals surface area contributed by atoms with E-state index in [4.69, 9.17) is 4.74 Å². The Morgan fingerprint density at radius 1 is 1.36 bits per heavy atom. The summed E-state index contributed by atoms with van der Waals surface area (Å²) in [5.74, 6) is 0.710. The van der Waals surface area contributed by atoms with Gasteiger partial charge in [0.1, 0.15) is 0 Å². The van der Waals surface area contributed by atoms with Crippen molar-refractivity contribution in [1.29, 1.82) is 0 Å². The van der Waals surface area contributed by atoms with E-state index in [1.54, 1.807) is 22.8 Å². The fourth-order valence-corrected chi connectivity index (χ4v) is 2.45. The van der Waals surface area contributed by atoms with Crippen molar-refractivity contribution in [2.24, 2.45) is 0 Å². The third-order valence-electron chi connectivity index (χ3n) is 3.75. The summed E-state index contributed by atoms with van der Waals surface area (Å²) in [6.45, 7) is 4.47. The minimum Gasteiger partial charge on any atom is -0.467 e. The van der Waals surface area contributed by atoms with Gasteiger partial charge in [0, 0.05) is 24.2 Å². The number of aromatic nitrogens is 4. The van der Waals surface area contributed by atoms with Crippen molar-refractivity contribution >= 4 is 17.3 Å². The van der Waals surface area contributed by atoms with Crippen LogP contribution in [0.2, 0.25) is 0 Å². The van der Waals surface area contributed by atoms with Crippen LogP contribution in [0.4, 0.5) is 11.6 Å². The number of ether oxygens (including phenoxy) is 1. The first-order valence-electron chi connectivity index (χ1n) is 7.76. The Hall–Kier alpha value is -3.23. The average Bonchev–Trinajstić information content (AvgIpc) is 3.04. The molecule has 0 aliphatic carbocycles. The van der Waals surface area contributed by atoms with Crippen LogP contribution in [-0.2, 0) is 6.54 Å². The lowest BCUT2D eigenvalue weighted by Crippen LogP contribution is -2.10. The smallest absolute Gasteiger partial charge is 0.321 e. The monoisotopic (exact) mass is 342 g/mol. The topological polar surface area (TPSA) is 107 Å². The molecule has 130 valence electrons. The number of nitrogens with zero attached hydrogens (tertiary/aromatic N) is 5. The zero-order valence-corrected chi connectivity index (χ0v) is 14.1. The van der Waals surface area contributed by atoms with Gasteiger partial charge in [-0.15, -0.1) is 0 Å². The van der Waals surface area contributed by atoms with Crippen LogP contribution in [0.3, 0.4) is 0 Å². The van der Waals surface area contributed by atoms with Crippen LogP contribution < -0.4 is 10.1 Å². The van der Waals surface area contributed by atoms with E-state index in [1.165, 1.54) is 19.2 Å². The number of methoxy groups -OCH3 is 1. The summed E-state index contributed by atoms with van der Waals surface area (Å²) < 4.78 is 6.78. The van der Waals surface area contributed by atoms with Gasteiger partial charge in [-0.25, -0.2) is 0 Å². The Balaban J connectivity index is 1.93. The van der Waals surface area contributed by atoms with Crippen LogP contribution in [0.5, 0.6) is 6.01 Å². The lowest BCUT2D eigenvalue weighted by Gasteiger charge is -2.10. The SMILES string of the molecule is COc1nc(NCc2cccc([N+](=O)[O-])c2)n2ncc(C(C)C)c2n1. The molecule has 0 fully saturated rings. The number of non-ortho nitro benzene ring substituents is 1. The van der Waals surface area contributed by atoms with Gasteiger partial charge in [-0.2, -0.15) is 19.6 Å². The number of rotatable bonds is 6. The molecule has 0 bridgehead atoms. The predicted molar refractivity (Wildman–Crippen MR) is 91.8 cm³/mol. The van der Waals surface area contributed by atoms with Gasteiger partial charge in [-0.3, -0.25) is 10.1 Å². The Morgan fingerprint density at radius 3 is 2.84 bits per heavy atom. The van der Waals surface area contributed by atoms with Gasteiger partial charge >= 0.3 is 6.01 Å². The van der Waals surface area contributed by atoms with Gasteiger partial charge in [-0.1, -0.05) is 26.0 Å². The summed E-state index contributed by atoms with van der Waals surface area (Å²) >= 11 is 0. The molecule has 0 radical (unpaired) electrons. The third kappa shape index (κ3) is 3.35. The summed E-state index contributed by atoms with van der Waals surface area (Å²) in [7, 11) is 1.50. The molecule has 2 heterocycles. The van der Waals surface area contributed by atoms with Gasteiger partial charge in [-0.05, 0) is 11.5 Å². The van der Waals surface area contributed by atoms with E-state index in [1.807, 2.05) is 0 Å². The van der Waals surface area contributed by atoms with Crippen molar-refractivity contribution in [3.63, 3.8) is 0 Å². The van der Waals surface area contributed by atoms with Crippen LogP contribution in [-0.4, -0.2) is 31.6 Å². The Kier molecular flexibility index (Phi) is 4.46. The molecular weight excluding hydrogens is 324 g/mol. The minimum atomic E-state index is -0.419.